The highest BCUT2D eigenvalue weighted by molar-refractivity contribution is 5.77. The van der Waals surface area contributed by atoms with Crippen molar-refractivity contribution in [3.63, 3.8) is 0 Å². The van der Waals surface area contributed by atoms with Gasteiger partial charge in [0.05, 0.1) is 0 Å². The van der Waals surface area contributed by atoms with E-state index in [1.165, 1.54) is 0 Å². The smallest absolute Gasteiger partial charge is 0.257 e. The molecular weight excluding hydrogens is 230 g/mol. The van der Waals surface area contributed by atoms with Crippen LogP contribution in [0.25, 0.3) is 0 Å². The second-order valence-corrected chi connectivity index (χ2v) is 4.25. The number of hydrogen-bond donors (Lipinski definition) is 2. The van der Waals surface area contributed by atoms with Crippen LogP contribution in [0.3, 0.4) is 0 Å². The monoisotopic (exact) mass is 251 g/mol. The summed E-state index contributed by atoms with van der Waals surface area (Å²) in [7, 11) is 3.92. The summed E-state index contributed by atoms with van der Waals surface area (Å²) in [5, 5.41) is 2.78. The Labute approximate surface area is 108 Å². The second kappa shape index (κ2) is 7.68. The van der Waals surface area contributed by atoms with Gasteiger partial charge in [-0.2, -0.15) is 0 Å². The summed E-state index contributed by atoms with van der Waals surface area (Å²) in [6.07, 6.45) is 0. The minimum Gasteiger partial charge on any atom is -0.483 e. The Hall–Kier alpha value is -1.59. The molecule has 0 saturated carbocycles. The molecule has 0 radical (unpaired) electrons. The van der Waals surface area contributed by atoms with Gasteiger partial charge < -0.3 is 20.7 Å². The van der Waals surface area contributed by atoms with Gasteiger partial charge in [-0.3, -0.25) is 4.79 Å². The van der Waals surface area contributed by atoms with Crippen LogP contribution in [0, 0.1) is 0 Å². The van der Waals surface area contributed by atoms with Crippen molar-refractivity contribution in [2.75, 3.05) is 33.8 Å². The summed E-state index contributed by atoms with van der Waals surface area (Å²) in [5.74, 6) is 0.548. The summed E-state index contributed by atoms with van der Waals surface area (Å²) in [6, 6.07) is 7.46. The van der Waals surface area contributed by atoms with Crippen LogP contribution in [0.4, 0.5) is 0 Å². The molecule has 0 saturated heterocycles. The lowest BCUT2D eigenvalue weighted by Crippen LogP contribution is -2.34. The molecule has 0 aliphatic rings. The number of nitrogens with zero attached hydrogens (tertiary/aromatic N) is 1. The first-order valence-corrected chi connectivity index (χ1v) is 5.95. The molecule has 3 N–H and O–H groups in total. The summed E-state index contributed by atoms with van der Waals surface area (Å²) in [6.45, 7) is 1.85. The molecule has 0 atom stereocenters. The van der Waals surface area contributed by atoms with E-state index in [2.05, 4.69) is 5.32 Å². The summed E-state index contributed by atoms with van der Waals surface area (Å²) < 4.78 is 5.44. The van der Waals surface area contributed by atoms with Crippen LogP contribution in [0.5, 0.6) is 5.75 Å². The molecule has 1 amide bonds. The molecule has 100 valence electrons. The quantitative estimate of drug-likeness (QED) is 0.726. The van der Waals surface area contributed by atoms with E-state index in [-0.39, 0.29) is 12.5 Å². The summed E-state index contributed by atoms with van der Waals surface area (Å²) in [4.78, 5) is 13.5. The average Bonchev–Trinajstić information content (AvgIpc) is 2.36. The van der Waals surface area contributed by atoms with Crippen molar-refractivity contribution in [3.05, 3.63) is 29.8 Å². The highest BCUT2D eigenvalue weighted by Crippen LogP contribution is 2.16. The maximum Gasteiger partial charge on any atom is 0.257 e. The summed E-state index contributed by atoms with van der Waals surface area (Å²) in [5.41, 5.74) is 6.49. The fraction of sp³-hybridized carbons (Fsp3) is 0.462. The number of likely N-dealkylation sites (N-methyl/N-ethyl adjacent to an activating group) is 1. The minimum atomic E-state index is -0.122. The SMILES string of the molecule is CN(C)CCNC(=O)COc1ccccc1CN. The van der Waals surface area contributed by atoms with Gasteiger partial charge in [-0.15, -0.1) is 0 Å². The van der Waals surface area contributed by atoms with Crippen molar-refractivity contribution in [2.45, 2.75) is 6.54 Å². The predicted molar refractivity (Wildman–Crippen MR) is 71.4 cm³/mol. The number of hydrogen-bond acceptors (Lipinski definition) is 4. The third-order valence-corrected chi connectivity index (χ3v) is 2.43. The van der Waals surface area contributed by atoms with E-state index in [4.69, 9.17) is 10.5 Å². The van der Waals surface area contributed by atoms with Crippen molar-refractivity contribution in [1.29, 1.82) is 0 Å². The predicted octanol–water partition coefficient (Wildman–Crippen LogP) is 0.202. The van der Waals surface area contributed by atoms with Crippen molar-refractivity contribution < 1.29 is 9.53 Å². The third-order valence-electron chi connectivity index (χ3n) is 2.43. The normalized spacial score (nSPS) is 10.4. The lowest BCUT2D eigenvalue weighted by atomic mass is 10.2. The van der Waals surface area contributed by atoms with Crippen LogP contribution in [0.15, 0.2) is 24.3 Å². The molecule has 0 aromatic heterocycles. The number of para-hydroxylation sites is 1. The molecule has 1 aromatic carbocycles. The zero-order valence-electron chi connectivity index (χ0n) is 11.0. The number of ether oxygens (including phenoxy) is 1. The van der Waals surface area contributed by atoms with E-state index < -0.39 is 0 Å². The number of benzene rings is 1. The molecule has 0 heterocycles. The number of carbonyl (C=O) groups is 1. The molecule has 0 spiro atoms. The highest BCUT2D eigenvalue weighted by Gasteiger charge is 2.05. The Morgan fingerprint density at radius 3 is 2.78 bits per heavy atom. The van der Waals surface area contributed by atoms with Crippen LogP contribution in [0.2, 0.25) is 0 Å². The van der Waals surface area contributed by atoms with E-state index >= 15 is 0 Å². The van der Waals surface area contributed by atoms with Gasteiger partial charge in [0.1, 0.15) is 5.75 Å². The third kappa shape index (κ3) is 5.16. The van der Waals surface area contributed by atoms with E-state index in [0.717, 1.165) is 12.1 Å². The number of amides is 1. The molecule has 5 nitrogen and oxygen atoms in total. The first kappa shape index (κ1) is 14.5. The van der Waals surface area contributed by atoms with Gasteiger partial charge in [0.2, 0.25) is 0 Å². The second-order valence-electron chi connectivity index (χ2n) is 4.25. The van der Waals surface area contributed by atoms with Gasteiger partial charge in [0.15, 0.2) is 6.61 Å². The zero-order valence-corrected chi connectivity index (χ0v) is 11.0. The number of rotatable bonds is 7. The molecule has 0 aliphatic heterocycles. The van der Waals surface area contributed by atoms with E-state index in [1.807, 2.05) is 43.3 Å². The van der Waals surface area contributed by atoms with Gasteiger partial charge >= 0.3 is 0 Å². The van der Waals surface area contributed by atoms with Crippen LogP contribution in [-0.4, -0.2) is 44.6 Å². The largest absolute Gasteiger partial charge is 0.483 e. The topological polar surface area (TPSA) is 67.6 Å². The molecule has 1 aromatic rings. The zero-order chi connectivity index (χ0) is 13.4. The molecule has 1 rings (SSSR count). The van der Waals surface area contributed by atoms with Crippen LogP contribution >= 0.6 is 0 Å². The van der Waals surface area contributed by atoms with E-state index in [1.54, 1.807) is 0 Å². The molecule has 0 aliphatic carbocycles. The molecule has 0 bridgehead atoms. The van der Waals surface area contributed by atoms with Crippen LogP contribution in [0.1, 0.15) is 5.56 Å². The average molecular weight is 251 g/mol. The first-order valence-electron chi connectivity index (χ1n) is 5.95. The van der Waals surface area contributed by atoms with Crippen molar-refractivity contribution in [2.24, 2.45) is 5.73 Å². The standard InChI is InChI=1S/C13H21N3O2/c1-16(2)8-7-15-13(17)10-18-12-6-4-3-5-11(12)9-14/h3-6H,7-10,14H2,1-2H3,(H,15,17). The van der Waals surface area contributed by atoms with Gasteiger partial charge in [-0.05, 0) is 20.2 Å². The number of carbonyl (C=O) groups excluding carboxylic acids is 1. The molecule has 0 unspecified atom stereocenters. The number of nitrogens with two attached hydrogens (primary N) is 1. The molecule has 5 heteroatoms. The van der Waals surface area contributed by atoms with Crippen molar-refractivity contribution in [1.82, 2.24) is 10.2 Å². The lowest BCUT2D eigenvalue weighted by Gasteiger charge is -2.12. The van der Waals surface area contributed by atoms with E-state index in [0.29, 0.717) is 18.8 Å². The van der Waals surface area contributed by atoms with Crippen molar-refractivity contribution in [3.8, 4) is 5.75 Å². The van der Waals surface area contributed by atoms with Gasteiger partial charge in [0, 0.05) is 25.2 Å². The maximum absolute atomic E-state index is 11.5. The van der Waals surface area contributed by atoms with Gasteiger partial charge in [-0.1, -0.05) is 18.2 Å². The summed E-state index contributed by atoms with van der Waals surface area (Å²) >= 11 is 0. The fourth-order valence-electron chi connectivity index (χ4n) is 1.43. The lowest BCUT2D eigenvalue weighted by molar-refractivity contribution is -0.123. The van der Waals surface area contributed by atoms with Gasteiger partial charge in [0.25, 0.3) is 5.91 Å². The van der Waals surface area contributed by atoms with Gasteiger partial charge in [-0.25, -0.2) is 0 Å². The molecule has 0 fully saturated rings. The van der Waals surface area contributed by atoms with Crippen LogP contribution in [-0.2, 0) is 11.3 Å². The number of nitrogens with one attached hydrogen (secondary N) is 1. The maximum atomic E-state index is 11.5. The van der Waals surface area contributed by atoms with Crippen LogP contribution < -0.4 is 15.8 Å². The highest BCUT2D eigenvalue weighted by atomic mass is 16.5. The Morgan fingerprint density at radius 1 is 1.39 bits per heavy atom. The van der Waals surface area contributed by atoms with Crippen molar-refractivity contribution >= 4 is 5.91 Å². The Bertz CT molecular complexity index is 380. The Kier molecular flexibility index (Phi) is 6.18. The fourth-order valence-corrected chi connectivity index (χ4v) is 1.43. The Balaban J connectivity index is 2.33. The molecular formula is C13H21N3O2. The van der Waals surface area contributed by atoms with E-state index in [9.17, 15) is 4.79 Å². The Morgan fingerprint density at radius 2 is 2.11 bits per heavy atom. The minimum absolute atomic E-state index is 0.0183. The first-order chi connectivity index (χ1) is 8.63. The molecule has 18 heavy (non-hydrogen) atoms.